The van der Waals surface area contributed by atoms with Crippen molar-refractivity contribution in [1.82, 2.24) is 20.3 Å². The third kappa shape index (κ3) is 5.12. The monoisotopic (exact) mass is 532 g/mol. The minimum absolute atomic E-state index is 0.0149. The number of nitriles is 1. The number of carbonyl (C=O) groups is 1. The van der Waals surface area contributed by atoms with Crippen LogP contribution in [0, 0.1) is 28.1 Å². The van der Waals surface area contributed by atoms with Crippen molar-refractivity contribution in [3.05, 3.63) is 41.7 Å². The molecule has 1 saturated carbocycles. The Hall–Kier alpha value is -3.46. The number of nitrogens with one attached hydrogen (secondary N) is 1. The Morgan fingerprint density at radius 2 is 1.76 bits per heavy atom. The standard InChI is InChI=1S/C26H31F3N6O3/c1-24(2)22(25(3,4)23(24)38-17-9-18(26(27,28)29)19(10-30)31-13-17)34-21(37)20-32-11-16(12-33-20)35-7-5-15(14-36)6-8-35/h9,11-13,15,22-23,36H,5-8,14H2,1-4H3,(H,34,37). The quantitative estimate of drug-likeness (QED) is 0.579. The molecule has 0 spiro atoms. The van der Waals surface area contributed by atoms with Gasteiger partial charge in [-0.3, -0.25) is 4.79 Å². The maximum absolute atomic E-state index is 13.4. The number of alkyl halides is 3. The van der Waals surface area contributed by atoms with Crippen molar-refractivity contribution in [1.29, 1.82) is 5.26 Å². The number of halogens is 3. The zero-order chi connectivity index (χ0) is 27.9. The van der Waals surface area contributed by atoms with Crippen LogP contribution in [-0.2, 0) is 6.18 Å². The van der Waals surface area contributed by atoms with Crippen LogP contribution >= 0.6 is 0 Å². The Morgan fingerprint density at radius 1 is 1.16 bits per heavy atom. The zero-order valence-electron chi connectivity index (χ0n) is 21.7. The molecule has 2 N–H and O–H groups in total. The highest BCUT2D eigenvalue weighted by Gasteiger charge is 2.64. The summed E-state index contributed by atoms with van der Waals surface area (Å²) < 4.78 is 46.0. The van der Waals surface area contributed by atoms with Gasteiger partial charge in [-0.25, -0.2) is 15.0 Å². The fourth-order valence-corrected chi connectivity index (χ4v) is 5.92. The number of aromatic nitrogens is 3. The number of pyridine rings is 1. The highest BCUT2D eigenvalue weighted by molar-refractivity contribution is 5.91. The van der Waals surface area contributed by atoms with Gasteiger partial charge in [-0.2, -0.15) is 18.4 Å². The molecule has 0 atom stereocenters. The second-order valence-corrected chi connectivity index (χ2v) is 11.1. The van der Waals surface area contributed by atoms with E-state index in [9.17, 15) is 23.1 Å². The number of rotatable bonds is 6. The summed E-state index contributed by atoms with van der Waals surface area (Å²) in [4.78, 5) is 27.2. The molecule has 204 valence electrons. The van der Waals surface area contributed by atoms with Gasteiger partial charge < -0.3 is 20.1 Å². The molecule has 9 nitrogen and oxygen atoms in total. The molecule has 3 heterocycles. The third-order valence-corrected chi connectivity index (χ3v) is 7.72. The lowest BCUT2D eigenvalue weighted by Crippen LogP contribution is -2.74. The lowest BCUT2D eigenvalue weighted by atomic mass is 9.49. The van der Waals surface area contributed by atoms with Crippen molar-refractivity contribution in [2.45, 2.75) is 58.9 Å². The summed E-state index contributed by atoms with van der Waals surface area (Å²) in [6.07, 6.45) is 0.785. The smallest absolute Gasteiger partial charge is 0.419 e. The molecule has 2 aromatic heterocycles. The molecular formula is C26H31F3N6O3. The second-order valence-electron chi connectivity index (χ2n) is 11.1. The van der Waals surface area contributed by atoms with Crippen molar-refractivity contribution >= 4 is 11.6 Å². The van der Waals surface area contributed by atoms with E-state index in [0.29, 0.717) is 5.92 Å². The molecule has 1 aliphatic heterocycles. The predicted molar refractivity (Wildman–Crippen MR) is 131 cm³/mol. The van der Waals surface area contributed by atoms with Crippen LogP contribution in [0.1, 0.15) is 62.4 Å². The zero-order valence-corrected chi connectivity index (χ0v) is 21.7. The molecular weight excluding hydrogens is 501 g/mol. The molecule has 0 bridgehead atoms. The van der Waals surface area contributed by atoms with Crippen LogP contribution in [0.5, 0.6) is 5.75 Å². The van der Waals surface area contributed by atoms with Gasteiger partial charge in [-0.15, -0.1) is 0 Å². The highest BCUT2D eigenvalue weighted by Crippen LogP contribution is 2.55. The van der Waals surface area contributed by atoms with Crippen LogP contribution < -0.4 is 15.0 Å². The van der Waals surface area contributed by atoms with Crippen LogP contribution in [0.25, 0.3) is 0 Å². The van der Waals surface area contributed by atoms with E-state index >= 15 is 0 Å². The van der Waals surface area contributed by atoms with Crippen LogP contribution in [0.4, 0.5) is 18.9 Å². The van der Waals surface area contributed by atoms with E-state index < -0.39 is 40.3 Å². The molecule has 38 heavy (non-hydrogen) atoms. The number of aliphatic hydroxyl groups excluding tert-OH is 1. The summed E-state index contributed by atoms with van der Waals surface area (Å²) >= 11 is 0. The molecule has 4 rings (SSSR count). The van der Waals surface area contributed by atoms with Crippen LogP contribution in [-0.4, -0.2) is 57.8 Å². The molecule has 0 unspecified atom stereocenters. The lowest BCUT2D eigenvalue weighted by molar-refractivity contribution is -0.165. The van der Waals surface area contributed by atoms with Crippen molar-refractivity contribution < 1.29 is 27.8 Å². The summed E-state index contributed by atoms with van der Waals surface area (Å²) in [5.74, 6) is -0.242. The molecule has 2 aromatic rings. The minimum atomic E-state index is -4.75. The molecule has 2 aliphatic rings. The Bertz CT molecular complexity index is 1200. The van der Waals surface area contributed by atoms with Gasteiger partial charge in [0.2, 0.25) is 5.82 Å². The number of ether oxygens (including phenoxy) is 1. The van der Waals surface area contributed by atoms with E-state index in [2.05, 4.69) is 25.2 Å². The van der Waals surface area contributed by atoms with Gasteiger partial charge in [0.05, 0.1) is 29.8 Å². The first-order valence-corrected chi connectivity index (χ1v) is 12.4. The maximum atomic E-state index is 13.4. The van der Waals surface area contributed by atoms with E-state index in [1.165, 1.54) is 6.07 Å². The summed E-state index contributed by atoms with van der Waals surface area (Å²) in [7, 11) is 0. The van der Waals surface area contributed by atoms with Crippen LogP contribution in [0.15, 0.2) is 24.7 Å². The highest BCUT2D eigenvalue weighted by atomic mass is 19.4. The second kappa shape index (κ2) is 10.0. The van der Waals surface area contributed by atoms with Gasteiger partial charge in [-0.1, -0.05) is 27.7 Å². The third-order valence-electron chi connectivity index (χ3n) is 7.72. The summed E-state index contributed by atoms with van der Waals surface area (Å²) in [6, 6.07) is 1.85. The van der Waals surface area contributed by atoms with Crippen LogP contribution in [0.3, 0.4) is 0 Å². The number of carbonyl (C=O) groups excluding carboxylic acids is 1. The fraction of sp³-hybridized carbons (Fsp3) is 0.577. The fourth-order valence-electron chi connectivity index (χ4n) is 5.92. The van der Waals surface area contributed by atoms with E-state index in [1.807, 2.05) is 27.7 Å². The van der Waals surface area contributed by atoms with Crippen molar-refractivity contribution in [2.24, 2.45) is 16.7 Å². The first kappa shape index (κ1) is 27.6. The minimum Gasteiger partial charge on any atom is -0.488 e. The summed E-state index contributed by atoms with van der Waals surface area (Å²) in [5.41, 5.74) is -2.37. The van der Waals surface area contributed by atoms with E-state index in [-0.39, 0.29) is 24.2 Å². The normalized spacial score (nSPS) is 22.8. The Kier molecular flexibility index (Phi) is 7.27. The number of amides is 1. The van der Waals surface area contributed by atoms with E-state index in [1.54, 1.807) is 12.4 Å². The topological polar surface area (TPSA) is 124 Å². The Balaban J connectivity index is 1.43. The number of nitrogens with zero attached hydrogens (tertiary/aromatic N) is 5. The SMILES string of the molecule is CC1(C)C(NC(=O)c2ncc(N3CCC(CO)CC3)cn2)C(C)(C)C1Oc1cnc(C#N)c(C(F)(F)F)c1. The predicted octanol–water partition coefficient (Wildman–Crippen LogP) is 3.58. The van der Waals surface area contributed by atoms with Crippen LogP contribution in [0.2, 0.25) is 0 Å². The number of piperidine rings is 1. The molecule has 0 radical (unpaired) electrons. The number of anilines is 1. The van der Waals surface area contributed by atoms with E-state index in [4.69, 9.17) is 10.00 Å². The molecule has 1 aliphatic carbocycles. The first-order chi connectivity index (χ1) is 17.8. The molecule has 1 amide bonds. The molecule has 12 heteroatoms. The van der Waals surface area contributed by atoms with Gasteiger partial charge >= 0.3 is 6.18 Å². The number of aliphatic hydroxyl groups is 1. The largest absolute Gasteiger partial charge is 0.488 e. The van der Waals surface area contributed by atoms with Gasteiger partial charge in [0.25, 0.3) is 5.91 Å². The Morgan fingerprint density at radius 3 is 2.29 bits per heavy atom. The lowest BCUT2D eigenvalue weighted by Gasteiger charge is -2.62. The summed E-state index contributed by atoms with van der Waals surface area (Å²) in [5, 5.41) is 21.3. The van der Waals surface area contributed by atoms with Crippen molar-refractivity contribution in [3.8, 4) is 11.8 Å². The molecule has 2 fully saturated rings. The van der Waals surface area contributed by atoms with E-state index in [0.717, 1.165) is 43.9 Å². The van der Waals surface area contributed by atoms with Gasteiger partial charge in [0.1, 0.15) is 17.9 Å². The average Bonchev–Trinajstić information content (AvgIpc) is 2.89. The van der Waals surface area contributed by atoms with Gasteiger partial charge in [0.15, 0.2) is 5.69 Å². The van der Waals surface area contributed by atoms with Crippen molar-refractivity contribution in [2.75, 3.05) is 24.6 Å². The average molecular weight is 533 g/mol. The maximum Gasteiger partial charge on any atom is 0.419 e. The molecule has 1 saturated heterocycles. The first-order valence-electron chi connectivity index (χ1n) is 12.4. The number of hydrogen-bond acceptors (Lipinski definition) is 8. The van der Waals surface area contributed by atoms with Gasteiger partial charge in [-0.05, 0) is 24.8 Å². The number of hydrogen-bond donors (Lipinski definition) is 2. The van der Waals surface area contributed by atoms with Gasteiger partial charge in [0, 0.05) is 36.6 Å². The molecule has 0 aromatic carbocycles. The Labute approximate surface area is 219 Å². The summed E-state index contributed by atoms with van der Waals surface area (Å²) in [6.45, 7) is 9.18. The van der Waals surface area contributed by atoms with Crippen molar-refractivity contribution in [3.63, 3.8) is 0 Å².